The predicted molar refractivity (Wildman–Crippen MR) is 77.3 cm³/mol. The molecule has 2 amide bonds. The average Bonchev–Trinajstić information content (AvgIpc) is 2.60. The summed E-state index contributed by atoms with van der Waals surface area (Å²) >= 11 is 0. The summed E-state index contributed by atoms with van der Waals surface area (Å²) in [5.74, 6) is 0. The Kier molecular flexibility index (Phi) is 6.99. The van der Waals surface area contributed by atoms with E-state index in [0.29, 0.717) is 19.7 Å². The van der Waals surface area contributed by atoms with E-state index in [0.717, 1.165) is 0 Å². The Morgan fingerprint density at radius 3 is 2.10 bits per heavy atom. The van der Waals surface area contributed by atoms with Crippen LogP contribution in [0.15, 0.2) is 0 Å². The second-order valence-electron chi connectivity index (χ2n) is 6.81. The Bertz CT molecular complexity index is 318. The van der Waals surface area contributed by atoms with Gasteiger partial charge in [-0.05, 0) is 48.5 Å². The third-order valence-corrected chi connectivity index (χ3v) is 2.24. The zero-order valence-corrected chi connectivity index (χ0v) is 13.6. The number of carbonyl (C=O) groups is 2. The molecule has 1 unspecified atom stereocenters. The number of carbonyl (C=O) groups excluding carboxylic acids is 2. The van der Waals surface area contributed by atoms with E-state index in [1.54, 1.807) is 4.90 Å². The molecule has 1 atom stereocenters. The van der Waals surface area contributed by atoms with Gasteiger partial charge in [0.25, 0.3) is 0 Å². The smallest absolute Gasteiger partial charge is 0.412 e. The number of hydrogen-bond donors (Lipinski definition) is 1. The summed E-state index contributed by atoms with van der Waals surface area (Å²) in [7, 11) is 0. The van der Waals surface area contributed by atoms with Crippen molar-refractivity contribution in [3.63, 3.8) is 0 Å². The Hall–Kier alpha value is -1.30. The fraction of sp³-hybridized carbons (Fsp3) is 0.857. The zero-order chi connectivity index (χ0) is 16.0. The summed E-state index contributed by atoms with van der Waals surface area (Å²) in [5, 5.41) is 2.60. The van der Waals surface area contributed by atoms with Gasteiger partial charge in [-0.25, -0.2) is 4.79 Å². The Balaban J connectivity index is 0.000000441. The molecule has 1 rings (SSSR count). The highest BCUT2D eigenvalue weighted by Gasteiger charge is 2.29. The number of nitrogens with zero attached hydrogens (tertiary/aromatic N) is 1. The molecule has 0 saturated carbocycles. The van der Waals surface area contributed by atoms with Gasteiger partial charge in [-0.15, -0.1) is 0 Å². The fourth-order valence-electron chi connectivity index (χ4n) is 1.27. The highest BCUT2D eigenvalue weighted by atomic mass is 16.6. The van der Waals surface area contributed by atoms with Gasteiger partial charge in [0, 0.05) is 5.54 Å². The molecule has 0 aromatic rings. The highest BCUT2D eigenvalue weighted by molar-refractivity contribution is 5.68. The molecule has 6 heteroatoms. The molecule has 0 bridgehead atoms. The molecule has 118 valence electrons. The van der Waals surface area contributed by atoms with Crippen molar-refractivity contribution in [2.45, 2.75) is 65.6 Å². The minimum atomic E-state index is -0.431. The Morgan fingerprint density at radius 1 is 1.30 bits per heavy atom. The van der Waals surface area contributed by atoms with Crippen molar-refractivity contribution < 1.29 is 19.1 Å². The normalized spacial score (nSPS) is 18.9. The molecule has 1 heterocycles. The largest absolute Gasteiger partial charge is 0.444 e. The van der Waals surface area contributed by atoms with Crippen LogP contribution >= 0.6 is 0 Å². The van der Waals surface area contributed by atoms with E-state index in [2.05, 4.69) is 5.32 Å². The van der Waals surface area contributed by atoms with E-state index in [1.165, 1.54) is 0 Å². The van der Waals surface area contributed by atoms with Crippen LogP contribution in [0.1, 0.15) is 48.5 Å². The SMILES string of the molecule is CC(C)(C)NC=O.CC1COCN1C(=O)OC(C)(C)C. The molecule has 1 aliphatic heterocycles. The maximum absolute atomic E-state index is 11.5. The molecule has 1 aliphatic rings. The molecule has 0 aromatic heterocycles. The molecule has 0 radical (unpaired) electrons. The van der Waals surface area contributed by atoms with Gasteiger partial charge in [0.15, 0.2) is 0 Å². The number of amides is 2. The molecule has 6 nitrogen and oxygen atoms in total. The molecule has 1 saturated heterocycles. The van der Waals surface area contributed by atoms with Crippen LogP contribution in [-0.2, 0) is 14.3 Å². The van der Waals surface area contributed by atoms with Crippen LogP contribution < -0.4 is 5.32 Å². The second-order valence-corrected chi connectivity index (χ2v) is 6.81. The first-order valence-corrected chi connectivity index (χ1v) is 6.75. The van der Waals surface area contributed by atoms with Gasteiger partial charge in [0.05, 0.1) is 12.6 Å². The molecule has 20 heavy (non-hydrogen) atoms. The van der Waals surface area contributed by atoms with E-state index in [4.69, 9.17) is 9.47 Å². The van der Waals surface area contributed by atoms with Gasteiger partial charge in [-0.2, -0.15) is 0 Å². The van der Waals surface area contributed by atoms with Crippen molar-refractivity contribution in [2.75, 3.05) is 13.3 Å². The van der Waals surface area contributed by atoms with Crippen molar-refractivity contribution >= 4 is 12.5 Å². The lowest BCUT2D eigenvalue weighted by atomic mass is 10.1. The molecule has 1 N–H and O–H groups in total. The minimum absolute atomic E-state index is 0.0677. The van der Waals surface area contributed by atoms with Crippen molar-refractivity contribution in [1.82, 2.24) is 10.2 Å². The number of nitrogens with one attached hydrogen (secondary N) is 1. The van der Waals surface area contributed by atoms with Crippen molar-refractivity contribution in [1.29, 1.82) is 0 Å². The lowest BCUT2D eigenvalue weighted by Crippen LogP contribution is -2.39. The lowest BCUT2D eigenvalue weighted by molar-refractivity contribution is -0.110. The minimum Gasteiger partial charge on any atom is -0.444 e. The van der Waals surface area contributed by atoms with Crippen LogP contribution in [0.4, 0.5) is 4.79 Å². The van der Waals surface area contributed by atoms with Crippen molar-refractivity contribution in [2.24, 2.45) is 0 Å². The van der Waals surface area contributed by atoms with E-state index < -0.39 is 5.60 Å². The Morgan fingerprint density at radius 2 is 1.85 bits per heavy atom. The molecular formula is C14H28N2O4. The maximum atomic E-state index is 11.5. The lowest BCUT2D eigenvalue weighted by Gasteiger charge is -2.25. The number of hydrogen-bond acceptors (Lipinski definition) is 4. The van der Waals surface area contributed by atoms with E-state index in [1.807, 2.05) is 48.5 Å². The third kappa shape index (κ3) is 8.74. The van der Waals surface area contributed by atoms with Gasteiger partial charge < -0.3 is 14.8 Å². The van der Waals surface area contributed by atoms with Gasteiger partial charge >= 0.3 is 6.09 Å². The zero-order valence-electron chi connectivity index (χ0n) is 13.6. The van der Waals surface area contributed by atoms with E-state index in [9.17, 15) is 9.59 Å². The predicted octanol–water partition coefficient (Wildman–Crippen LogP) is 2.13. The van der Waals surface area contributed by atoms with E-state index in [-0.39, 0.29) is 17.7 Å². The molecule has 1 fully saturated rings. The topological polar surface area (TPSA) is 67.9 Å². The monoisotopic (exact) mass is 288 g/mol. The van der Waals surface area contributed by atoms with Gasteiger partial charge in [0.1, 0.15) is 12.3 Å². The van der Waals surface area contributed by atoms with Gasteiger partial charge in [-0.3, -0.25) is 9.69 Å². The standard InChI is InChI=1S/C9H17NO3.C5H11NO/c1-7-5-12-6-10(7)8(11)13-9(2,3)4;1-5(2,3)6-4-7/h7H,5-6H2,1-4H3;4H,1-3H3,(H,6,7). The first-order valence-electron chi connectivity index (χ1n) is 6.75. The summed E-state index contributed by atoms with van der Waals surface area (Å²) in [6.07, 6.45) is 0.414. The van der Waals surface area contributed by atoms with Crippen LogP contribution in [0, 0.1) is 0 Å². The number of rotatable bonds is 1. The summed E-state index contributed by atoms with van der Waals surface area (Å²) in [6.45, 7) is 14.2. The summed E-state index contributed by atoms with van der Waals surface area (Å²) in [4.78, 5) is 22.8. The van der Waals surface area contributed by atoms with Crippen LogP contribution in [0.5, 0.6) is 0 Å². The molecule has 0 spiro atoms. The molecule has 0 aliphatic carbocycles. The van der Waals surface area contributed by atoms with Gasteiger partial charge in [-0.1, -0.05) is 0 Å². The number of ether oxygens (including phenoxy) is 2. The van der Waals surface area contributed by atoms with Crippen molar-refractivity contribution in [3.05, 3.63) is 0 Å². The Labute approximate surface area is 121 Å². The van der Waals surface area contributed by atoms with Crippen LogP contribution in [0.2, 0.25) is 0 Å². The van der Waals surface area contributed by atoms with Crippen LogP contribution in [0.3, 0.4) is 0 Å². The van der Waals surface area contributed by atoms with Crippen LogP contribution in [-0.4, -0.2) is 47.9 Å². The summed E-state index contributed by atoms with van der Waals surface area (Å²) in [5.41, 5.74) is -0.499. The second kappa shape index (κ2) is 7.47. The van der Waals surface area contributed by atoms with Gasteiger partial charge in [0.2, 0.25) is 6.41 Å². The average molecular weight is 288 g/mol. The maximum Gasteiger partial charge on any atom is 0.412 e. The van der Waals surface area contributed by atoms with Crippen molar-refractivity contribution in [3.8, 4) is 0 Å². The third-order valence-electron chi connectivity index (χ3n) is 2.24. The quantitative estimate of drug-likeness (QED) is 0.751. The summed E-state index contributed by atoms with van der Waals surface area (Å²) in [6, 6.07) is 0.120. The summed E-state index contributed by atoms with van der Waals surface area (Å²) < 4.78 is 10.3. The molecule has 0 aromatic carbocycles. The van der Waals surface area contributed by atoms with Crippen LogP contribution in [0.25, 0.3) is 0 Å². The van der Waals surface area contributed by atoms with E-state index >= 15 is 0 Å². The first kappa shape index (κ1) is 18.7. The highest BCUT2D eigenvalue weighted by Crippen LogP contribution is 2.15. The first-order chi connectivity index (χ1) is 8.96. The molecular weight excluding hydrogens is 260 g/mol. The fourth-order valence-corrected chi connectivity index (χ4v) is 1.27.